The minimum absolute atomic E-state index is 0.00896. The molecule has 0 atom stereocenters. The van der Waals surface area contributed by atoms with Crippen LogP contribution in [0.5, 0.6) is 0 Å². The van der Waals surface area contributed by atoms with Gasteiger partial charge in [0.15, 0.2) is 0 Å². The van der Waals surface area contributed by atoms with E-state index >= 15 is 0 Å². The molecule has 0 bridgehead atoms. The Hall–Kier alpha value is -2.17. The number of hydrogen-bond acceptors (Lipinski definition) is 4. The summed E-state index contributed by atoms with van der Waals surface area (Å²) in [7, 11) is 3.79. The van der Waals surface area contributed by atoms with Crippen LogP contribution >= 0.6 is 11.6 Å². The highest BCUT2D eigenvalue weighted by atomic mass is 35.5. The van der Waals surface area contributed by atoms with Crippen molar-refractivity contribution in [3.63, 3.8) is 0 Å². The summed E-state index contributed by atoms with van der Waals surface area (Å²) in [5.41, 5.74) is 1.67. The van der Waals surface area contributed by atoms with Crippen LogP contribution in [0.2, 0.25) is 5.02 Å². The zero-order valence-electron chi connectivity index (χ0n) is 9.53. The predicted molar refractivity (Wildman–Crippen MR) is 68.7 cm³/mol. The second-order valence-corrected chi connectivity index (χ2v) is 3.92. The smallest absolute Gasteiger partial charge is 0.145 e. The number of anilines is 2. The van der Waals surface area contributed by atoms with Gasteiger partial charge in [-0.2, -0.15) is 10.5 Å². The van der Waals surface area contributed by atoms with Gasteiger partial charge >= 0.3 is 0 Å². The van der Waals surface area contributed by atoms with Crippen LogP contribution in [0.4, 0.5) is 11.4 Å². The molecule has 0 saturated heterocycles. The third-order valence-corrected chi connectivity index (χ3v) is 2.29. The van der Waals surface area contributed by atoms with Crippen LogP contribution in [0, 0.1) is 22.7 Å². The van der Waals surface area contributed by atoms with E-state index in [2.05, 4.69) is 5.32 Å². The molecule has 1 aromatic carbocycles. The van der Waals surface area contributed by atoms with Crippen molar-refractivity contribution < 1.29 is 0 Å². The van der Waals surface area contributed by atoms with Crippen molar-refractivity contribution >= 4 is 23.0 Å². The van der Waals surface area contributed by atoms with Crippen LogP contribution < -0.4 is 10.2 Å². The van der Waals surface area contributed by atoms with Crippen LogP contribution in [-0.2, 0) is 0 Å². The highest BCUT2D eigenvalue weighted by Crippen LogP contribution is 2.27. The molecular weight excluding hydrogens is 236 g/mol. The van der Waals surface area contributed by atoms with E-state index < -0.39 is 0 Å². The van der Waals surface area contributed by atoms with Gasteiger partial charge in [-0.05, 0) is 18.2 Å². The molecule has 0 aromatic heterocycles. The van der Waals surface area contributed by atoms with Gasteiger partial charge in [0.2, 0.25) is 0 Å². The molecule has 1 rings (SSSR count). The minimum Gasteiger partial charge on any atom is -0.376 e. The molecule has 86 valence electrons. The maximum Gasteiger partial charge on any atom is 0.145 e. The number of hydrogen-bond donors (Lipinski definition) is 1. The fourth-order valence-electron chi connectivity index (χ4n) is 1.25. The lowest BCUT2D eigenvalue weighted by Crippen LogP contribution is -2.10. The zero-order chi connectivity index (χ0) is 12.8. The largest absolute Gasteiger partial charge is 0.376 e. The van der Waals surface area contributed by atoms with Crippen molar-refractivity contribution in [3.8, 4) is 12.1 Å². The van der Waals surface area contributed by atoms with Gasteiger partial charge in [-0.3, -0.25) is 0 Å². The summed E-state index contributed by atoms with van der Waals surface area (Å²) in [5.74, 6) is 0. The summed E-state index contributed by atoms with van der Waals surface area (Å²) < 4.78 is 0. The van der Waals surface area contributed by atoms with Gasteiger partial charge in [0, 0.05) is 25.3 Å². The third-order valence-electron chi connectivity index (χ3n) is 2.05. The first kappa shape index (κ1) is 12.9. The van der Waals surface area contributed by atoms with E-state index in [0.717, 1.165) is 11.4 Å². The number of nitrogens with one attached hydrogen (secondary N) is 1. The molecule has 0 radical (unpaired) electrons. The lowest BCUT2D eigenvalue weighted by molar-refractivity contribution is 1.13. The Morgan fingerprint density at radius 2 is 2.00 bits per heavy atom. The average molecular weight is 247 g/mol. The van der Waals surface area contributed by atoms with E-state index in [9.17, 15) is 0 Å². The molecule has 17 heavy (non-hydrogen) atoms. The van der Waals surface area contributed by atoms with Gasteiger partial charge in [-0.15, -0.1) is 0 Å². The number of rotatable bonds is 3. The van der Waals surface area contributed by atoms with Crippen molar-refractivity contribution in [1.29, 1.82) is 10.5 Å². The molecule has 5 heteroatoms. The third kappa shape index (κ3) is 3.41. The Bertz CT molecular complexity index is 504. The van der Waals surface area contributed by atoms with Crippen LogP contribution in [0.1, 0.15) is 0 Å². The van der Waals surface area contributed by atoms with Gasteiger partial charge in [0.05, 0.1) is 11.4 Å². The number of benzene rings is 1. The second kappa shape index (κ2) is 5.79. The van der Waals surface area contributed by atoms with Gasteiger partial charge in [0.1, 0.15) is 17.7 Å². The van der Waals surface area contributed by atoms with Crippen LogP contribution in [-0.4, -0.2) is 14.1 Å². The predicted octanol–water partition coefficient (Wildman–Crippen LogP) is 2.75. The number of halogens is 1. The van der Waals surface area contributed by atoms with Crippen molar-refractivity contribution in [2.75, 3.05) is 24.3 Å². The van der Waals surface area contributed by atoms with E-state index in [1.54, 1.807) is 24.3 Å². The molecule has 0 aliphatic heterocycles. The molecule has 1 N–H and O–H groups in total. The fraction of sp³-hybridized carbons (Fsp3) is 0.167. The molecule has 0 unspecified atom stereocenters. The first-order valence-electron chi connectivity index (χ1n) is 4.82. The van der Waals surface area contributed by atoms with E-state index in [1.165, 1.54) is 6.20 Å². The van der Waals surface area contributed by atoms with Gasteiger partial charge in [-0.1, -0.05) is 11.6 Å². The number of allylic oxidation sites excluding steroid dienone is 1. The molecule has 0 spiro atoms. The molecule has 0 heterocycles. The first-order valence-corrected chi connectivity index (χ1v) is 5.20. The standard InChI is InChI=1S/C12H11ClN4/c1-17(2)12-4-3-10(13)5-11(12)16-8-9(6-14)7-15/h3-5,8,16H,1-2H3. The highest BCUT2D eigenvalue weighted by Gasteiger charge is 2.04. The Morgan fingerprint density at radius 3 is 2.53 bits per heavy atom. The van der Waals surface area contributed by atoms with Crippen molar-refractivity contribution in [3.05, 3.63) is 35.0 Å². The molecule has 0 aliphatic rings. The fourth-order valence-corrected chi connectivity index (χ4v) is 1.43. The lowest BCUT2D eigenvalue weighted by atomic mass is 10.2. The normalized spacial score (nSPS) is 8.76. The van der Waals surface area contributed by atoms with Crippen LogP contribution in [0.3, 0.4) is 0 Å². The van der Waals surface area contributed by atoms with Gasteiger partial charge < -0.3 is 10.2 Å². The van der Waals surface area contributed by atoms with E-state index in [0.29, 0.717) is 5.02 Å². The summed E-state index contributed by atoms with van der Waals surface area (Å²) >= 11 is 5.90. The zero-order valence-corrected chi connectivity index (χ0v) is 10.3. The Kier molecular flexibility index (Phi) is 4.39. The van der Waals surface area contributed by atoms with Crippen molar-refractivity contribution in [2.45, 2.75) is 0 Å². The monoisotopic (exact) mass is 246 g/mol. The maximum absolute atomic E-state index is 8.62. The molecule has 0 amide bonds. The van der Waals surface area contributed by atoms with Crippen molar-refractivity contribution in [1.82, 2.24) is 0 Å². The summed E-state index contributed by atoms with van der Waals surface area (Å²) in [6.45, 7) is 0. The van der Waals surface area contributed by atoms with E-state index in [1.807, 2.05) is 25.1 Å². The van der Waals surface area contributed by atoms with Crippen LogP contribution in [0.25, 0.3) is 0 Å². The van der Waals surface area contributed by atoms with Crippen molar-refractivity contribution in [2.24, 2.45) is 0 Å². The lowest BCUT2D eigenvalue weighted by Gasteiger charge is -2.17. The summed E-state index contributed by atoms with van der Waals surface area (Å²) in [6.07, 6.45) is 1.36. The number of nitrogens with zero attached hydrogens (tertiary/aromatic N) is 3. The highest BCUT2D eigenvalue weighted by molar-refractivity contribution is 6.31. The van der Waals surface area contributed by atoms with Crippen LogP contribution in [0.15, 0.2) is 30.0 Å². The molecule has 0 aliphatic carbocycles. The number of nitriles is 2. The topological polar surface area (TPSA) is 62.9 Å². The quantitative estimate of drug-likeness (QED) is 0.833. The summed E-state index contributed by atoms with van der Waals surface area (Å²) in [4.78, 5) is 1.91. The Morgan fingerprint density at radius 1 is 1.35 bits per heavy atom. The first-order chi connectivity index (χ1) is 8.08. The average Bonchev–Trinajstić information content (AvgIpc) is 2.30. The molecule has 0 fully saturated rings. The molecule has 0 saturated carbocycles. The molecule has 1 aromatic rings. The minimum atomic E-state index is 0.00896. The van der Waals surface area contributed by atoms with E-state index in [-0.39, 0.29) is 5.57 Å². The van der Waals surface area contributed by atoms with Gasteiger partial charge in [-0.25, -0.2) is 0 Å². The summed E-state index contributed by atoms with van der Waals surface area (Å²) in [5, 5.41) is 20.7. The second-order valence-electron chi connectivity index (χ2n) is 3.48. The Labute approximate surface area is 105 Å². The van der Waals surface area contributed by atoms with E-state index in [4.69, 9.17) is 22.1 Å². The molecular formula is C12H11ClN4. The Balaban J connectivity index is 3.06. The summed E-state index contributed by atoms with van der Waals surface area (Å²) in [6, 6.07) is 8.93. The SMILES string of the molecule is CN(C)c1ccc(Cl)cc1NC=C(C#N)C#N. The van der Waals surface area contributed by atoms with Gasteiger partial charge in [0.25, 0.3) is 0 Å². The maximum atomic E-state index is 8.62. The molecule has 4 nitrogen and oxygen atoms in total.